The van der Waals surface area contributed by atoms with Crippen molar-refractivity contribution in [1.82, 2.24) is 9.97 Å². The molecule has 4 rings (SSSR count). The summed E-state index contributed by atoms with van der Waals surface area (Å²) >= 11 is 1.47. The second-order valence-electron chi connectivity index (χ2n) is 6.38. The highest BCUT2D eigenvalue weighted by atomic mass is 32.1. The van der Waals surface area contributed by atoms with Gasteiger partial charge in [-0.2, -0.15) is 0 Å². The Balaban J connectivity index is 1.43. The van der Waals surface area contributed by atoms with Crippen LogP contribution in [0.2, 0.25) is 0 Å². The van der Waals surface area contributed by atoms with Crippen LogP contribution in [0.5, 0.6) is 11.5 Å². The normalized spacial score (nSPS) is 10.8. The summed E-state index contributed by atoms with van der Waals surface area (Å²) in [7, 11) is 3.20. The molecule has 4 aromatic rings. The number of aromatic amines is 1. The van der Waals surface area contributed by atoms with Crippen molar-refractivity contribution < 1.29 is 19.0 Å². The molecule has 0 aliphatic heterocycles. The van der Waals surface area contributed by atoms with Crippen molar-refractivity contribution >= 4 is 28.2 Å². The van der Waals surface area contributed by atoms with E-state index in [0.29, 0.717) is 17.2 Å². The fourth-order valence-corrected chi connectivity index (χ4v) is 4.02. The van der Waals surface area contributed by atoms with E-state index >= 15 is 0 Å². The maximum Gasteiger partial charge on any atom is 0.310 e. The highest BCUT2D eigenvalue weighted by Gasteiger charge is 2.15. The van der Waals surface area contributed by atoms with Crippen LogP contribution in [-0.2, 0) is 22.6 Å². The van der Waals surface area contributed by atoms with Crippen molar-refractivity contribution in [1.29, 1.82) is 0 Å². The minimum atomic E-state index is -0.289. The number of carbonyl (C=O) groups excluding carboxylic acids is 1. The fraction of sp³-hybridized carbons (Fsp3) is 0.182. The third kappa shape index (κ3) is 3.95. The number of esters is 1. The standard InChI is InChI=1S/C22H20N2O4S/c1-26-19-9-5-7-17(21(19)27-2)22-24-15(13-29-22)12-28-20(25)10-14-11-23-18-8-4-3-6-16(14)18/h3-9,11,13,23H,10,12H2,1-2H3. The summed E-state index contributed by atoms with van der Waals surface area (Å²) in [6.45, 7) is 0.129. The number of carbonyl (C=O) groups is 1. The van der Waals surface area contributed by atoms with Gasteiger partial charge in [0.1, 0.15) is 11.6 Å². The molecular formula is C22H20N2O4S. The molecule has 0 saturated heterocycles. The number of rotatable bonds is 7. The minimum absolute atomic E-state index is 0.129. The molecule has 29 heavy (non-hydrogen) atoms. The molecule has 6 nitrogen and oxygen atoms in total. The molecular weight excluding hydrogens is 388 g/mol. The molecule has 0 fully saturated rings. The van der Waals surface area contributed by atoms with E-state index in [1.54, 1.807) is 14.2 Å². The Morgan fingerprint density at radius 1 is 1.10 bits per heavy atom. The molecule has 0 amide bonds. The maximum absolute atomic E-state index is 12.3. The number of para-hydroxylation sites is 2. The number of aromatic nitrogens is 2. The van der Waals surface area contributed by atoms with E-state index in [0.717, 1.165) is 27.0 Å². The van der Waals surface area contributed by atoms with Crippen molar-refractivity contribution in [2.45, 2.75) is 13.0 Å². The van der Waals surface area contributed by atoms with Crippen molar-refractivity contribution in [3.05, 3.63) is 65.3 Å². The summed E-state index contributed by atoms with van der Waals surface area (Å²) in [4.78, 5) is 20.0. The quantitative estimate of drug-likeness (QED) is 0.453. The third-order valence-corrected chi connectivity index (χ3v) is 5.50. The van der Waals surface area contributed by atoms with E-state index in [-0.39, 0.29) is 19.0 Å². The minimum Gasteiger partial charge on any atom is -0.493 e. The summed E-state index contributed by atoms with van der Waals surface area (Å²) in [5.74, 6) is 0.988. The van der Waals surface area contributed by atoms with Gasteiger partial charge in [-0.05, 0) is 23.8 Å². The lowest BCUT2D eigenvalue weighted by molar-refractivity contribution is -0.144. The average Bonchev–Trinajstić information content (AvgIpc) is 3.39. The Morgan fingerprint density at radius 3 is 2.79 bits per heavy atom. The van der Waals surface area contributed by atoms with Gasteiger partial charge in [-0.15, -0.1) is 11.3 Å². The number of methoxy groups -OCH3 is 2. The summed E-state index contributed by atoms with van der Waals surface area (Å²) in [5.41, 5.74) is 3.47. The van der Waals surface area contributed by atoms with Gasteiger partial charge in [-0.1, -0.05) is 24.3 Å². The summed E-state index contributed by atoms with van der Waals surface area (Å²) in [5, 5.41) is 3.70. The van der Waals surface area contributed by atoms with E-state index in [1.807, 2.05) is 54.0 Å². The van der Waals surface area contributed by atoms with Gasteiger partial charge in [-0.3, -0.25) is 4.79 Å². The molecule has 0 atom stereocenters. The summed E-state index contributed by atoms with van der Waals surface area (Å²) in [6.07, 6.45) is 2.06. The molecule has 2 aromatic heterocycles. The zero-order valence-corrected chi connectivity index (χ0v) is 16.9. The van der Waals surface area contributed by atoms with Gasteiger partial charge in [0.2, 0.25) is 0 Å². The van der Waals surface area contributed by atoms with E-state index < -0.39 is 0 Å². The number of fused-ring (bicyclic) bond motifs is 1. The number of thiazole rings is 1. The van der Waals surface area contributed by atoms with Gasteiger partial charge in [0.05, 0.1) is 31.9 Å². The Morgan fingerprint density at radius 2 is 1.97 bits per heavy atom. The highest BCUT2D eigenvalue weighted by Crippen LogP contribution is 2.39. The number of ether oxygens (including phenoxy) is 3. The Kier molecular flexibility index (Phi) is 5.48. The largest absolute Gasteiger partial charge is 0.493 e. The molecule has 148 valence electrons. The number of nitrogens with one attached hydrogen (secondary N) is 1. The Labute approximate surface area is 172 Å². The fourth-order valence-electron chi connectivity index (χ4n) is 3.19. The molecule has 7 heteroatoms. The van der Waals surface area contributed by atoms with Gasteiger partial charge in [0.25, 0.3) is 0 Å². The van der Waals surface area contributed by atoms with Crippen LogP contribution in [0, 0.1) is 0 Å². The highest BCUT2D eigenvalue weighted by molar-refractivity contribution is 7.13. The van der Waals surface area contributed by atoms with Crippen LogP contribution in [0.1, 0.15) is 11.3 Å². The predicted octanol–water partition coefficient (Wildman–Crippen LogP) is 4.59. The average molecular weight is 408 g/mol. The number of nitrogens with zero attached hydrogens (tertiary/aromatic N) is 1. The number of benzene rings is 2. The SMILES string of the molecule is COc1cccc(-c2nc(COC(=O)Cc3c[nH]c4ccccc34)cs2)c1OC. The third-order valence-electron chi connectivity index (χ3n) is 4.58. The number of hydrogen-bond acceptors (Lipinski definition) is 6. The van der Waals surface area contributed by atoms with Crippen LogP contribution in [0.25, 0.3) is 21.5 Å². The van der Waals surface area contributed by atoms with E-state index in [4.69, 9.17) is 14.2 Å². The van der Waals surface area contributed by atoms with Crippen molar-refractivity contribution in [3.8, 4) is 22.1 Å². The zero-order valence-electron chi connectivity index (χ0n) is 16.1. The Hall–Kier alpha value is -3.32. The molecule has 0 spiro atoms. The first-order valence-electron chi connectivity index (χ1n) is 9.06. The summed E-state index contributed by atoms with van der Waals surface area (Å²) in [6, 6.07) is 13.5. The van der Waals surface area contributed by atoms with E-state index in [9.17, 15) is 4.79 Å². The molecule has 0 bridgehead atoms. The van der Waals surface area contributed by atoms with Crippen LogP contribution in [-0.4, -0.2) is 30.2 Å². The van der Waals surface area contributed by atoms with Gasteiger partial charge in [-0.25, -0.2) is 4.98 Å². The lowest BCUT2D eigenvalue weighted by atomic mass is 10.1. The lowest BCUT2D eigenvalue weighted by Gasteiger charge is -2.10. The van der Waals surface area contributed by atoms with Crippen molar-refractivity contribution in [2.75, 3.05) is 14.2 Å². The van der Waals surface area contributed by atoms with Crippen LogP contribution < -0.4 is 9.47 Å². The van der Waals surface area contributed by atoms with E-state index in [1.165, 1.54) is 11.3 Å². The second-order valence-corrected chi connectivity index (χ2v) is 7.24. The molecule has 1 N–H and O–H groups in total. The van der Waals surface area contributed by atoms with Gasteiger partial charge < -0.3 is 19.2 Å². The molecule has 0 saturated carbocycles. The molecule has 0 aliphatic rings. The summed E-state index contributed by atoms with van der Waals surface area (Å²) < 4.78 is 16.3. The molecule has 0 unspecified atom stereocenters. The van der Waals surface area contributed by atoms with Crippen molar-refractivity contribution in [2.24, 2.45) is 0 Å². The monoisotopic (exact) mass is 408 g/mol. The van der Waals surface area contributed by atoms with E-state index in [2.05, 4.69) is 9.97 Å². The van der Waals surface area contributed by atoms with Crippen LogP contribution in [0.4, 0.5) is 0 Å². The predicted molar refractivity (Wildman–Crippen MR) is 112 cm³/mol. The molecule has 2 heterocycles. The number of H-pyrrole nitrogens is 1. The Bertz CT molecular complexity index is 1150. The van der Waals surface area contributed by atoms with Crippen LogP contribution >= 0.6 is 11.3 Å². The van der Waals surface area contributed by atoms with Crippen LogP contribution in [0.15, 0.2) is 54.0 Å². The maximum atomic E-state index is 12.3. The van der Waals surface area contributed by atoms with Gasteiger partial charge in [0, 0.05) is 22.5 Å². The first-order valence-corrected chi connectivity index (χ1v) is 9.94. The first-order chi connectivity index (χ1) is 14.2. The topological polar surface area (TPSA) is 73.4 Å². The van der Waals surface area contributed by atoms with Crippen LogP contribution in [0.3, 0.4) is 0 Å². The van der Waals surface area contributed by atoms with Crippen molar-refractivity contribution in [3.63, 3.8) is 0 Å². The molecule has 2 aromatic carbocycles. The zero-order chi connectivity index (χ0) is 20.2. The second kappa shape index (κ2) is 8.36. The number of hydrogen-bond donors (Lipinski definition) is 1. The molecule has 0 aliphatic carbocycles. The smallest absolute Gasteiger partial charge is 0.310 e. The first kappa shape index (κ1) is 19.0. The lowest BCUT2D eigenvalue weighted by Crippen LogP contribution is -2.07. The molecule has 0 radical (unpaired) electrons. The van der Waals surface area contributed by atoms with Gasteiger partial charge >= 0.3 is 5.97 Å². The van der Waals surface area contributed by atoms with Gasteiger partial charge in [0.15, 0.2) is 11.5 Å².